The standard InChI is InChI=1S/C20H17N5O2/c1-26-18-12-21-8-6-15(18)16-3-5-19-22-23-20(25(19)24-16)11-13-2-4-17-14(10-13)7-9-27-17/h2-6,8,10,12H,7,9,11H2,1H3/p+1. The van der Waals surface area contributed by atoms with Gasteiger partial charge in [0.15, 0.2) is 0 Å². The highest BCUT2D eigenvalue weighted by Gasteiger charge is 2.19. The highest BCUT2D eigenvalue weighted by Crippen LogP contribution is 2.27. The summed E-state index contributed by atoms with van der Waals surface area (Å²) in [7, 11) is 1.63. The van der Waals surface area contributed by atoms with Gasteiger partial charge in [0, 0.05) is 29.3 Å². The molecule has 3 aromatic heterocycles. The maximum absolute atomic E-state index is 5.59. The third-order valence-corrected chi connectivity index (χ3v) is 4.78. The highest BCUT2D eigenvalue weighted by molar-refractivity contribution is 5.65. The second-order valence-electron chi connectivity index (χ2n) is 6.45. The third-order valence-electron chi connectivity index (χ3n) is 4.78. The number of nitrogens with one attached hydrogen (secondary N) is 1. The first kappa shape index (κ1) is 15.7. The van der Waals surface area contributed by atoms with E-state index >= 15 is 0 Å². The largest absolute Gasteiger partial charge is 0.494 e. The molecule has 4 heterocycles. The van der Waals surface area contributed by atoms with Gasteiger partial charge in [-0.1, -0.05) is 12.1 Å². The van der Waals surface area contributed by atoms with Gasteiger partial charge in [0.1, 0.15) is 17.2 Å². The molecule has 7 nitrogen and oxygen atoms in total. The van der Waals surface area contributed by atoms with Gasteiger partial charge in [-0.05, 0) is 29.3 Å². The molecule has 27 heavy (non-hydrogen) atoms. The number of aromatic amines is 1. The lowest BCUT2D eigenvalue weighted by Gasteiger charge is -2.06. The summed E-state index contributed by atoms with van der Waals surface area (Å²) in [5.74, 6) is 2.60. The Morgan fingerprint density at radius 1 is 1.22 bits per heavy atom. The maximum Gasteiger partial charge on any atom is 0.325 e. The van der Waals surface area contributed by atoms with Gasteiger partial charge in [-0.15, -0.1) is 14.7 Å². The van der Waals surface area contributed by atoms with Crippen LogP contribution in [-0.4, -0.2) is 34.0 Å². The van der Waals surface area contributed by atoms with Crippen molar-refractivity contribution in [3.05, 3.63) is 65.7 Å². The number of nitrogens with zero attached hydrogens (tertiary/aromatic N) is 4. The van der Waals surface area contributed by atoms with Gasteiger partial charge in [0.25, 0.3) is 5.82 Å². The Bertz CT molecular complexity index is 1140. The Morgan fingerprint density at radius 2 is 2.19 bits per heavy atom. The Hall–Kier alpha value is -3.48. The van der Waals surface area contributed by atoms with E-state index in [2.05, 4.69) is 27.3 Å². The normalized spacial score (nSPS) is 12.8. The van der Waals surface area contributed by atoms with Gasteiger partial charge in [0.05, 0.1) is 26.3 Å². The number of methoxy groups -OCH3 is 1. The summed E-state index contributed by atoms with van der Waals surface area (Å²) in [6.45, 7) is 0.763. The average molecular weight is 360 g/mol. The summed E-state index contributed by atoms with van der Waals surface area (Å²) < 4.78 is 12.9. The fourth-order valence-electron chi connectivity index (χ4n) is 3.42. The number of H-pyrrole nitrogens is 1. The monoisotopic (exact) mass is 360 g/mol. The van der Waals surface area contributed by atoms with E-state index in [1.54, 1.807) is 19.5 Å². The van der Waals surface area contributed by atoms with Gasteiger partial charge in [-0.3, -0.25) is 4.98 Å². The summed E-state index contributed by atoms with van der Waals surface area (Å²) >= 11 is 0. The van der Waals surface area contributed by atoms with E-state index in [-0.39, 0.29) is 0 Å². The molecule has 1 aliphatic heterocycles. The second kappa shape index (κ2) is 6.35. The van der Waals surface area contributed by atoms with Crippen LogP contribution in [0.1, 0.15) is 17.0 Å². The number of rotatable bonds is 4. The van der Waals surface area contributed by atoms with E-state index in [1.165, 1.54) is 11.1 Å². The predicted molar refractivity (Wildman–Crippen MR) is 97.8 cm³/mol. The lowest BCUT2D eigenvalue weighted by Crippen LogP contribution is -2.30. The number of fused-ring (bicyclic) bond motifs is 2. The van der Waals surface area contributed by atoms with Crippen LogP contribution in [-0.2, 0) is 12.8 Å². The Balaban J connectivity index is 1.54. The van der Waals surface area contributed by atoms with Crippen LogP contribution in [0.15, 0.2) is 48.8 Å². The molecule has 1 N–H and O–H groups in total. The van der Waals surface area contributed by atoms with Crippen LogP contribution in [0.2, 0.25) is 0 Å². The van der Waals surface area contributed by atoms with Crippen LogP contribution in [0.5, 0.6) is 11.5 Å². The number of ether oxygens (including phenoxy) is 2. The van der Waals surface area contributed by atoms with E-state index in [0.717, 1.165) is 41.5 Å². The molecule has 0 amide bonds. The van der Waals surface area contributed by atoms with Crippen LogP contribution in [0.3, 0.4) is 0 Å². The van der Waals surface area contributed by atoms with Crippen molar-refractivity contribution >= 4 is 5.65 Å². The Morgan fingerprint density at radius 3 is 3.11 bits per heavy atom. The molecule has 0 aliphatic carbocycles. The summed E-state index contributed by atoms with van der Waals surface area (Å²) in [5, 5.41) is 12.3. The number of pyridine rings is 1. The minimum atomic E-state index is 0.689. The van der Waals surface area contributed by atoms with Crippen molar-refractivity contribution in [2.45, 2.75) is 12.8 Å². The van der Waals surface area contributed by atoms with Gasteiger partial charge in [-0.25, -0.2) is 0 Å². The summed E-state index contributed by atoms with van der Waals surface area (Å²) in [6.07, 6.45) is 5.09. The van der Waals surface area contributed by atoms with E-state index in [0.29, 0.717) is 12.2 Å². The molecule has 134 valence electrons. The lowest BCUT2D eigenvalue weighted by molar-refractivity contribution is -0.588. The zero-order valence-corrected chi connectivity index (χ0v) is 14.8. The van der Waals surface area contributed by atoms with Crippen molar-refractivity contribution in [2.75, 3.05) is 13.7 Å². The molecule has 1 aromatic carbocycles. The van der Waals surface area contributed by atoms with E-state index < -0.39 is 0 Å². The van der Waals surface area contributed by atoms with Crippen LogP contribution >= 0.6 is 0 Å². The van der Waals surface area contributed by atoms with Crippen LogP contribution in [0, 0.1) is 0 Å². The lowest BCUT2D eigenvalue weighted by atomic mass is 10.1. The number of aromatic nitrogens is 5. The van der Waals surface area contributed by atoms with E-state index in [4.69, 9.17) is 14.6 Å². The topological polar surface area (TPSA) is 77.0 Å². The minimum Gasteiger partial charge on any atom is -0.494 e. The molecule has 0 spiro atoms. The molecular weight excluding hydrogens is 342 g/mol. The number of hydrogen-bond acceptors (Lipinski definition) is 5. The Labute approximate surface area is 155 Å². The summed E-state index contributed by atoms with van der Waals surface area (Å²) in [5.41, 5.74) is 4.93. The smallest absolute Gasteiger partial charge is 0.325 e. The molecule has 5 rings (SSSR count). The maximum atomic E-state index is 5.59. The number of benzene rings is 1. The van der Waals surface area contributed by atoms with Crippen LogP contribution < -0.4 is 14.0 Å². The van der Waals surface area contributed by atoms with Crippen LogP contribution in [0.4, 0.5) is 0 Å². The fraction of sp³-hybridized carbons (Fsp3) is 0.200. The van der Waals surface area contributed by atoms with Crippen molar-refractivity contribution < 1.29 is 14.0 Å². The van der Waals surface area contributed by atoms with Gasteiger partial charge >= 0.3 is 5.65 Å². The van der Waals surface area contributed by atoms with Crippen molar-refractivity contribution in [1.82, 2.24) is 20.3 Å². The average Bonchev–Trinajstić information content (AvgIpc) is 3.34. The van der Waals surface area contributed by atoms with E-state index in [9.17, 15) is 0 Å². The molecule has 0 radical (unpaired) electrons. The third kappa shape index (κ3) is 2.77. The molecule has 7 heteroatoms. The molecule has 0 atom stereocenters. The molecule has 1 aliphatic rings. The first-order valence-corrected chi connectivity index (χ1v) is 8.81. The number of hydrogen-bond donors (Lipinski definition) is 1. The zero-order valence-electron chi connectivity index (χ0n) is 14.8. The summed E-state index contributed by atoms with van der Waals surface area (Å²) in [4.78, 5) is 4.11. The zero-order chi connectivity index (χ0) is 18.2. The summed E-state index contributed by atoms with van der Waals surface area (Å²) in [6, 6.07) is 12.1. The van der Waals surface area contributed by atoms with E-state index in [1.807, 2.05) is 28.8 Å². The Kier molecular flexibility index (Phi) is 3.71. The molecular formula is C20H18N5O2+. The van der Waals surface area contributed by atoms with Crippen molar-refractivity contribution in [3.63, 3.8) is 0 Å². The van der Waals surface area contributed by atoms with Crippen molar-refractivity contribution in [3.8, 4) is 22.8 Å². The molecule has 0 saturated carbocycles. The van der Waals surface area contributed by atoms with Gasteiger partial charge in [0.2, 0.25) is 0 Å². The molecule has 0 saturated heterocycles. The molecule has 0 fully saturated rings. The fourth-order valence-corrected chi connectivity index (χ4v) is 3.42. The minimum absolute atomic E-state index is 0.689. The molecule has 0 unspecified atom stereocenters. The van der Waals surface area contributed by atoms with Crippen molar-refractivity contribution in [2.24, 2.45) is 0 Å². The quantitative estimate of drug-likeness (QED) is 0.564. The van der Waals surface area contributed by atoms with Gasteiger partial charge in [-0.2, -0.15) is 0 Å². The van der Waals surface area contributed by atoms with Crippen molar-refractivity contribution in [1.29, 1.82) is 0 Å². The second-order valence-corrected chi connectivity index (χ2v) is 6.45. The first-order chi connectivity index (χ1) is 13.3. The highest BCUT2D eigenvalue weighted by atomic mass is 16.5. The SMILES string of the molecule is COc1cnccc1-c1ccc2n[nH]c(Cc3ccc4c(c3)CCO4)[n+]2n1. The van der Waals surface area contributed by atoms with Crippen LogP contribution in [0.25, 0.3) is 16.9 Å². The predicted octanol–water partition coefficient (Wildman–Crippen LogP) is 2.14. The first-order valence-electron chi connectivity index (χ1n) is 8.81. The molecule has 4 aromatic rings. The van der Waals surface area contributed by atoms with Gasteiger partial charge < -0.3 is 9.47 Å². The molecule has 0 bridgehead atoms.